The molecule has 0 aliphatic heterocycles. The Kier molecular flexibility index (Phi) is 5.45. The van der Waals surface area contributed by atoms with E-state index in [0.29, 0.717) is 6.04 Å². The molecule has 0 heterocycles. The second-order valence-corrected chi connectivity index (χ2v) is 4.64. The van der Waals surface area contributed by atoms with Crippen LogP contribution in [0.3, 0.4) is 0 Å². The fourth-order valence-corrected chi connectivity index (χ4v) is 2.14. The molecule has 0 spiro atoms. The molecule has 3 nitrogen and oxygen atoms in total. The molecule has 0 aliphatic rings. The second kappa shape index (κ2) is 6.62. The van der Waals surface area contributed by atoms with Gasteiger partial charge in [0.25, 0.3) is 0 Å². The van der Waals surface area contributed by atoms with Crippen molar-refractivity contribution in [2.45, 2.75) is 25.8 Å². The van der Waals surface area contributed by atoms with Crippen LogP contribution in [-0.4, -0.2) is 32.6 Å². The third kappa shape index (κ3) is 3.72. The van der Waals surface area contributed by atoms with Crippen molar-refractivity contribution in [2.24, 2.45) is 5.73 Å². The standard InChI is InChI=1S/C14H24N2O/c1-11-10-12(7-8-14(11)17-4)13(16(2)3)6-5-9-15/h7-8,10,13H,5-6,9,15H2,1-4H3. The Balaban J connectivity index is 2.90. The van der Waals surface area contributed by atoms with Crippen molar-refractivity contribution >= 4 is 0 Å². The quantitative estimate of drug-likeness (QED) is 0.824. The van der Waals surface area contributed by atoms with Gasteiger partial charge in [-0.3, -0.25) is 0 Å². The first kappa shape index (κ1) is 14.0. The van der Waals surface area contributed by atoms with E-state index in [4.69, 9.17) is 10.5 Å². The van der Waals surface area contributed by atoms with E-state index >= 15 is 0 Å². The van der Waals surface area contributed by atoms with E-state index in [9.17, 15) is 0 Å². The molecule has 0 bridgehead atoms. The van der Waals surface area contributed by atoms with Gasteiger partial charge in [-0.15, -0.1) is 0 Å². The third-order valence-electron chi connectivity index (χ3n) is 3.11. The molecule has 0 fully saturated rings. The summed E-state index contributed by atoms with van der Waals surface area (Å²) in [5, 5.41) is 0. The summed E-state index contributed by atoms with van der Waals surface area (Å²) in [6.07, 6.45) is 2.14. The summed E-state index contributed by atoms with van der Waals surface area (Å²) in [5.41, 5.74) is 8.11. The van der Waals surface area contributed by atoms with Gasteiger partial charge in [0.15, 0.2) is 0 Å². The topological polar surface area (TPSA) is 38.5 Å². The van der Waals surface area contributed by atoms with Crippen LogP contribution < -0.4 is 10.5 Å². The molecule has 1 unspecified atom stereocenters. The summed E-state index contributed by atoms with van der Waals surface area (Å²) >= 11 is 0. The van der Waals surface area contributed by atoms with Gasteiger partial charge in [-0.1, -0.05) is 12.1 Å². The number of benzene rings is 1. The summed E-state index contributed by atoms with van der Waals surface area (Å²) in [6, 6.07) is 6.83. The lowest BCUT2D eigenvalue weighted by Gasteiger charge is -2.25. The van der Waals surface area contributed by atoms with Gasteiger partial charge in [-0.05, 0) is 57.6 Å². The molecule has 0 aromatic heterocycles. The Morgan fingerprint density at radius 1 is 1.35 bits per heavy atom. The Hall–Kier alpha value is -1.06. The summed E-state index contributed by atoms with van der Waals surface area (Å²) in [6.45, 7) is 2.83. The summed E-state index contributed by atoms with van der Waals surface area (Å²) in [4.78, 5) is 2.25. The summed E-state index contributed by atoms with van der Waals surface area (Å²) in [7, 11) is 5.93. The minimum absolute atomic E-state index is 0.433. The molecule has 0 saturated carbocycles. The van der Waals surface area contributed by atoms with Crippen LogP contribution in [0, 0.1) is 6.92 Å². The average molecular weight is 236 g/mol. The number of hydrogen-bond donors (Lipinski definition) is 1. The average Bonchev–Trinajstić information content (AvgIpc) is 2.29. The molecule has 0 saturated heterocycles. The molecule has 3 heteroatoms. The number of nitrogens with two attached hydrogens (primary N) is 1. The van der Waals surface area contributed by atoms with Crippen LogP contribution in [-0.2, 0) is 0 Å². The van der Waals surface area contributed by atoms with Crippen LogP contribution in [0.2, 0.25) is 0 Å². The van der Waals surface area contributed by atoms with Crippen molar-refractivity contribution in [3.8, 4) is 5.75 Å². The van der Waals surface area contributed by atoms with E-state index in [0.717, 1.165) is 25.1 Å². The van der Waals surface area contributed by atoms with E-state index in [1.54, 1.807) is 7.11 Å². The Bertz CT molecular complexity index is 350. The van der Waals surface area contributed by atoms with E-state index < -0.39 is 0 Å². The molecule has 1 aromatic rings. The van der Waals surface area contributed by atoms with Gasteiger partial charge in [0, 0.05) is 6.04 Å². The van der Waals surface area contributed by atoms with Crippen molar-refractivity contribution in [1.82, 2.24) is 4.90 Å². The Morgan fingerprint density at radius 2 is 2.06 bits per heavy atom. The van der Waals surface area contributed by atoms with Gasteiger partial charge in [0.05, 0.1) is 7.11 Å². The van der Waals surface area contributed by atoms with Crippen molar-refractivity contribution in [2.75, 3.05) is 27.7 Å². The van der Waals surface area contributed by atoms with E-state index in [1.807, 2.05) is 6.07 Å². The monoisotopic (exact) mass is 236 g/mol. The molecule has 0 amide bonds. The fourth-order valence-electron chi connectivity index (χ4n) is 2.14. The lowest BCUT2D eigenvalue weighted by Crippen LogP contribution is -2.21. The first-order valence-electron chi connectivity index (χ1n) is 6.11. The number of methoxy groups -OCH3 is 1. The van der Waals surface area contributed by atoms with Gasteiger partial charge >= 0.3 is 0 Å². The van der Waals surface area contributed by atoms with Crippen molar-refractivity contribution in [3.05, 3.63) is 29.3 Å². The summed E-state index contributed by atoms with van der Waals surface area (Å²) in [5.74, 6) is 0.949. The maximum absolute atomic E-state index is 5.59. The zero-order valence-corrected chi connectivity index (χ0v) is 11.4. The Labute approximate surface area is 105 Å². The number of hydrogen-bond acceptors (Lipinski definition) is 3. The summed E-state index contributed by atoms with van der Waals surface area (Å²) < 4.78 is 5.29. The van der Waals surface area contributed by atoms with E-state index in [1.165, 1.54) is 11.1 Å². The van der Waals surface area contributed by atoms with Crippen LogP contribution in [0.25, 0.3) is 0 Å². The molecule has 17 heavy (non-hydrogen) atoms. The predicted molar refractivity (Wildman–Crippen MR) is 72.4 cm³/mol. The maximum atomic E-state index is 5.59. The lowest BCUT2D eigenvalue weighted by molar-refractivity contribution is 0.280. The van der Waals surface area contributed by atoms with Crippen molar-refractivity contribution in [1.29, 1.82) is 0 Å². The van der Waals surface area contributed by atoms with Gasteiger partial charge in [0.1, 0.15) is 5.75 Å². The SMILES string of the molecule is COc1ccc(C(CCCN)N(C)C)cc1C. The highest BCUT2D eigenvalue weighted by Crippen LogP contribution is 2.27. The number of ether oxygens (including phenoxy) is 1. The second-order valence-electron chi connectivity index (χ2n) is 4.64. The molecular weight excluding hydrogens is 212 g/mol. The first-order chi connectivity index (χ1) is 8.10. The highest BCUT2D eigenvalue weighted by Gasteiger charge is 2.14. The van der Waals surface area contributed by atoms with Crippen molar-refractivity contribution < 1.29 is 4.74 Å². The van der Waals surface area contributed by atoms with Gasteiger partial charge in [-0.25, -0.2) is 0 Å². The molecule has 0 aliphatic carbocycles. The van der Waals surface area contributed by atoms with Crippen LogP contribution in [0.1, 0.15) is 30.0 Å². The zero-order chi connectivity index (χ0) is 12.8. The zero-order valence-electron chi connectivity index (χ0n) is 11.4. The minimum atomic E-state index is 0.433. The Morgan fingerprint density at radius 3 is 2.53 bits per heavy atom. The number of rotatable bonds is 6. The van der Waals surface area contributed by atoms with E-state index in [-0.39, 0.29) is 0 Å². The number of aryl methyl sites for hydroxylation is 1. The van der Waals surface area contributed by atoms with Crippen LogP contribution >= 0.6 is 0 Å². The van der Waals surface area contributed by atoms with Gasteiger partial charge in [-0.2, -0.15) is 0 Å². The fraction of sp³-hybridized carbons (Fsp3) is 0.571. The van der Waals surface area contributed by atoms with Gasteiger partial charge in [0.2, 0.25) is 0 Å². The smallest absolute Gasteiger partial charge is 0.121 e. The van der Waals surface area contributed by atoms with Gasteiger partial charge < -0.3 is 15.4 Å². The lowest BCUT2D eigenvalue weighted by atomic mass is 9.99. The number of nitrogens with zero attached hydrogens (tertiary/aromatic N) is 1. The highest BCUT2D eigenvalue weighted by molar-refractivity contribution is 5.37. The van der Waals surface area contributed by atoms with Crippen molar-refractivity contribution in [3.63, 3.8) is 0 Å². The molecule has 1 rings (SSSR count). The van der Waals surface area contributed by atoms with Crippen LogP contribution in [0.4, 0.5) is 0 Å². The van der Waals surface area contributed by atoms with Crippen LogP contribution in [0.5, 0.6) is 5.75 Å². The first-order valence-corrected chi connectivity index (χ1v) is 6.11. The normalized spacial score (nSPS) is 12.8. The largest absolute Gasteiger partial charge is 0.496 e. The van der Waals surface area contributed by atoms with Crippen LogP contribution in [0.15, 0.2) is 18.2 Å². The molecule has 1 aromatic carbocycles. The predicted octanol–water partition coefficient (Wildman–Crippen LogP) is 2.35. The molecule has 1 atom stereocenters. The third-order valence-corrected chi connectivity index (χ3v) is 3.11. The van der Waals surface area contributed by atoms with E-state index in [2.05, 4.69) is 38.1 Å². The maximum Gasteiger partial charge on any atom is 0.121 e. The highest BCUT2D eigenvalue weighted by atomic mass is 16.5. The minimum Gasteiger partial charge on any atom is -0.496 e. The molecular formula is C14H24N2O. The molecule has 2 N–H and O–H groups in total. The molecule has 0 radical (unpaired) electrons. The molecule has 96 valence electrons.